The molecule has 0 aliphatic carbocycles. The van der Waals surface area contributed by atoms with E-state index in [0.29, 0.717) is 5.56 Å². The predicted octanol–water partition coefficient (Wildman–Crippen LogP) is 5.43. The summed E-state index contributed by atoms with van der Waals surface area (Å²) in [5.41, 5.74) is 3.74. The highest BCUT2D eigenvalue weighted by atomic mass is 127. The van der Waals surface area contributed by atoms with E-state index in [1.807, 2.05) is 93.6 Å². The first-order valence-corrected chi connectivity index (χ1v) is 9.52. The number of carbonyl (C=O) groups excluding carboxylic acids is 1. The molecule has 0 radical (unpaired) electrons. The molecule has 0 fully saturated rings. The number of aryl methyl sites for hydroxylation is 3. The Hall–Kier alpha value is -1.71. The van der Waals surface area contributed by atoms with Crippen LogP contribution in [0.25, 0.3) is 0 Å². The first-order chi connectivity index (χ1) is 12.1. The first kappa shape index (κ1) is 20.6. The number of hydrogen-bond acceptors (Lipinski definition) is 2. The molecule has 0 amide bonds. The summed E-state index contributed by atoms with van der Waals surface area (Å²) in [4.78, 5) is 12.9. The highest BCUT2D eigenvalue weighted by molar-refractivity contribution is 14.0. The Bertz CT molecular complexity index is 817. The Balaban J connectivity index is 0.00000243. The maximum atomic E-state index is 12.9. The van der Waals surface area contributed by atoms with Gasteiger partial charge in [-0.15, -0.1) is 24.0 Å². The van der Waals surface area contributed by atoms with Gasteiger partial charge in [0.05, 0.1) is 5.56 Å². The van der Waals surface area contributed by atoms with Crippen molar-refractivity contribution < 1.29 is 9.32 Å². The third-order valence-corrected chi connectivity index (χ3v) is 5.92. The maximum Gasteiger partial charge on any atom is 0.341 e. The Labute approximate surface area is 173 Å². The summed E-state index contributed by atoms with van der Waals surface area (Å²) >= 11 is 0. The number of carbonyl (C=O) groups is 1. The van der Waals surface area contributed by atoms with Crippen molar-refractivity contribution >= 4 is 48.7 Å². The lowest BCUT2D eigenvalue weighted by atomic mass is 10.0. The summed E-state index contributed by atoms with van der Waals surface area (Å²) in [6, 6.07) is 24.0. The molecule has 0 atom stereocenters. The molecule has 0 bridgehead atoms. The van der Waals surface area contributed by atoms with Gasteiger partial charge in [-0.25, -0.2) is 4.79 Å². The van der Waals surface area contributed by atoms with E-state index in [1.54, 1.807) is 0 Å². The van der Waals surface area contributed by atoms with Crippen LogP contribution in [-0.2, 0) is 4.52 Å². The molecular weight excluding hydrogens is 454 g/mol. The van der Waals surface area contributed by atoms with Gasteiger partial charge in [0.1, 0.15) is 0 Å². The van der Waals surface area contributed by atoms with Gasteiger partial charge in [0.2, 0.25) is 0 Å². The van der Waals surface area contributed by atoms with Gasteiger partial charge < -0.3 is 4.52 Å². The van der Waals surface area contributed by atoms with Gasteiger partial charge in [-0.05, 0) is 31.9 Å². The van der Waals surface area contributed by atoms with Crippen LogP contribution in [-0.4, -0.2) is 5.97 Å². The molecule has 0 aromatic heterocycles. The zero-order valence-electron chi connectivity index (χ0n) is 15.1. The maximum absolute atomic E-state index is 12.9. The highest BCUT2D eigenvalue weighted by Crippen LogP contribution is 2.36. The number of rotatable bonds is 4. The van der Waals surface area contributed by atoms with Crippen molar-refractivity contribution in [3.8, 4) is 0 Å². The predicted molar refractivity (Wildman–Crippen MR) is 121 cm³/mol. The van der Waals surface area contributed by atoms with Crippen molar-refractivity contribution in [2.45, 2.75) is 20.8 Å². The molecule has 3 aromatic rings. The standard InChI is InChI=1S/C22H21O2P.HI/c1-16-14-17(2)21(18(3)15-16)22(23)24-25(19-10-6-4-7-11-19)20-12-8-5-9-13-20;/h4-15H,1-3H3;1H. The van der Waals surface area contributed by atoms with Gasteiger partial charge in [0.15, 0.2) is 8.15 Å². The SMILES string of the molecule is Cc1cc(C)c(C(=O)OP(c2ccccc2)c2ccccc2)c(C)c1.I. The third kappa shape index (κ3) is 4.72. The van der Waals surface area contributed by atoms with Crippen LogP contribution in [0.15, 0.2) is 72.8 Å². The van der Waals surface area contributed by atoms with Crippen LogP contribution in [0.4, 0.5) is 0 Å². The molecule has 3 aromatic carbocycles. The Morgan fingerprint density at radius 2 is 1.19 bits per heavy atom. The lowest BCUT2D eigenvalue weighted by Crippen LogP contribution is -2.17. The zero-order chi connectivity index (χ0) is 17.8. The number of hydrogen-bond donors (Lipinski definition) is 0. The molecule has 3 rings (SSSR count). The molecule has 0 spiro atoms. The fraction of sp³-hybridized carbons (Fsp3) is 0.136. The monoisotopic (exact) mass is 476 g/mol. The van der Waals surface area contributed by atoms with E-state index in [4.69, 9.17) is 4.52 Å². The van der Waals surface area contributed by atoms with Gasteiger partial charge in [-0.2, -0.15) is 0 Å². The van der Waals surface area contributed by atoms with Gasteiger partial charge in [0, 0.05) is 10.6 Å². The van der Waals surface area contributed by atoms with E-state index in [-0.39, 0.29) is 29.9 Å². The van der Waals surface area contributed by atoms with Gasteiger partial charge >= 0.3 is 5.97 Å². The van der Waals surface area contributed by atoms with Crippen LogP contribution in [0.5, 0.6) is 0 Å². The second-order valence-corrected chi connectivity index (χ2v) is 7.92. The van der Waals surface area contributed by atoms with E-state index in [1.165, 1.54) is 0 Å². The molecule has 0 heterocycles. The van der Waals surface area contributed by atoms with Crippen molar-refractivity contribution in [1.82, 2.24) is 0 Å². The fourth-order valence-electron chi connectivity index (χ4n) is 3.01. The Morgan fingerprint density at radius 1 is 0.769 bits per heavy atom. The third-order valence-electron chi connectivity index (χ3n) is 4.04. The topological polar surface area (TPSA) is 26.3 Å². The summed E-state index contributed by atoms with van der Waals surface area (Å²) in [6.07, 6.45) is 0. The summed E-state index contributed by atoms with van der Waals surface area (Å²) in [5, 5.41) is 2.05. The molecule has 4 heteroatoms. The lowest BCUT2D eigenvalue weighted by Gasteiger charge is -2.19. The van der Waals surface area contributed by atoms with Crippen molar-refractivity contribution in [3.05, 3.63) is 95.1 Å². The van der Waals surface area contributed by atoms with Crippen LogP contribution in [0.1, 0.15) is 27.0 Å². The molecule has 2 nitrogen and oxygen atoms in total. The average Bonchev–Trinajstić information content (AvgIpc) is 2.60. The van der Waals surface area contributed by atoms with Gasteiger partial charge in [0.25, 0.3) is 0 Å². The molecule has 0 unspecified atom stereocenters. The smallest absolute Gasteiger partial charge is 0.341 e. The first-order valence-electron chi connectivity index (χ1n) is 8.26. The minimum atomic E-state index is -1.20. The van der Waals surface area contributed by atoms with Gasteiger partial charge in [-0.3, -0.25) is 0 Å². The number of halogens is 1. The van der Waals surface area contributed by atoms with Gasteiger partial charge in [-0.1, -0.05) is 78.4 Å². The van der Waals surface area contributed by atoms with E-state index < -0.39 is 8.15 Å². The van der Waals surface area contributed by atoms with Crippen LogP contribution < -0.4 is 10.6 Å². The highest BCUT2D eigenvalue weighted by Gasteiger charge is 2.23. The van der Waals surface area contributed by atoms with Crippen molar-refractivity contribution in [3.63, 3.8) is 0 Å². The van der Waals surface area contributed by atoms with E-state index in [2.05, 4.69) is 0 Å². The van der Waals surface area contributed by atoms with E-state index in [0.717, 1.165) is 27.3 Å². The molecule has 0 saturated heterocycles. The van der Waals surface area contributed by atoms with E-state index >= 15 is 0 Å². The molecule has 0 aliphatic heterocycles. The van der Waals surface area contributed by atoms with Crippen molar-refractivity contribution in [2.75, 3.05) is 0 Å². The molecule has 0 N–H and O–H groups in total. The molecule has 0 aliphatic rings. The van der Waals surface area contributed by atoms with Crippen LogP contribution >= 0.6 is 32.1 Å². The van der Waals surface area contributed by atoms with Crippen LogP contribution in [0, 0.1) is 20.8 Å². The Kier molecular flexibility index (Phi) is 7.36. The molecule has 0 saturated carbocycles. The fourth-order valence-corrected chi connectivity index (χ4v) is 4.66. The normalized spacial score (nSPS) is 10.3. The minimum Gasteiger partial charge on any atom is -0.431 e. The average molecular weight is 476 g/mol. The van der Waals surface area contributed by atoms with Crippen LogP contribution in [0.2, 0.25) is 0 Å². The van der Waals surface area contributed by atoms with Crippen molar-refractivity contribution in [2.24, 2.45) is 0 Å². The summed E-state index contributed by atoms with van der Waals surface area (Å²) < 4.78 is 6.04. The summed E-state index contributed by atoms with van der Waals surface area (Å²) in [7, 11) is -1.20. The molecular formula is C22H22IO2P. The van der Waals surface area contributed by atoms with E-state index in [9.17, 15) is 4.79 Å². The zero-order valence-corrected chi connectivity index (χ0v) is 18.3. The molecule has 26 heavy (non-hydrogen) atoms. The Morgan fingerprint density at radius 3 is 1.62 bits per heavy atom. The number of benzene rings is 3. The summed E-state index contributed by atoms with van der Waals surface area (Å²) in [5.74, 6) is -0.256. The molecule has 134 valence electrons. The lowest BCUT2D eigenvalue weighted by molar-refractivity contribution is 0.0757. The second-order valence-electron chi connectivity index (χ2n) is 6.12. The largest absolute Gasteiger partial charge is 0.431 e. The quantitative estimate of drug-likeness (QED) is 0.371. The minimum absolute atomic E-state index is 0. The van der Waals surface area contributed by atoms with Crippen LogP contribution in [0.3, 0.4) is 0 Å². The van der Waals surface area contributed by atoms with Crippen molar-refractivity contribution in [1.29, 1.82) is 0 Å². The summed E-state index contributed by atoms with van der Waals surface area (Å²) in [6.45, 7) is 5.96. The second kappa shape index (κ2) is 9.29.